The van der Waals surface area contributed by atoms with Gasteiger partial charge < -0.3 is 0 Å². The Labute approximate surface area is 202 Å². The summed E-state index contributed by atoms with van der Waals surface area (Å²) in [5.74, 6) is -0.579. The minimum Gasteiger partial charge on any atom is -0.283 e. The van der Waals surface area contributed by atoms with Gasteiger partial charge in [-0.25, -0.2) is 9.37 Å². The van der Waals surface area contributed by atoms with Crippen molar-refractivity contribution in [1.29, 1.82) is 0 Å². The van der Waals surface area contributed by atoms with Crippen LogP contribution in [0, 0.1) is 5.82 Å². The van der Waals surface area contributed by atoms with E-state index in [9.17, 15) is 18.8 Å². The van der Waals surface area contributed by atoms with Crippen LogP contribution in [0.2, 0.25) is 0 Å². The Morgan fingerprint density at radius 3 is 2.32 bits per heavy atom. The number of aromatic nitrogens is 2. The molecule has 1 aliphatic rings. The van der Waals surface area contributed by atoms with E-state index in [4.69, 9.17) is 4.98 Å². The van der Waals surface area contributed by atoms with Crippen molar-refractivity contribution in [3.05, 3.63) is 93.9 Å². The van der Waals surface area contributed by atoms with E-state index in [1.54, 1.807) is 42.5 Å². The summed E-state index contributed by atoms with van der Waals surface area (Å²) in [5.41, 5.74) is 2.05. The van der Waals surface area contributed by atoms with Crippen LogP contribution in [0.1, 0.15) is 20.7 Å². The highest BCUT2D eigenvalue weighted by atomic mass is 32.2. The zero-order chi connectivity index (χ0) is 23.8. The lowest BCUT2D eigenvalue weighted by atomic mass is 10.1. The van der Waals surface area contributed by atoms with Crippen molar-refractivity contribution in [2.24, 2.45) is 0 Å². The molecule has 0 spiro atoms. The highest BCUT2D eigenvalue weighted by Crippen LogP contribution is 2.32. The number of hydrogen-bond acceptors (Lipinski definition) is 6. The Hall–Kier alpha value is -3.56. The fourth-order valence-electron chi connectivity index (χ4n) is 3.92. The lowest BCUT2D eigenvalue weighted by molar-refractivity contribution is 0.0664. The van der Waals surface area contributed by atoms with Gasteiger partial charge in [-0.15, -0.1) is 17.9 Å². The van der Waals surface area contributed by atoms with Gasteiger partial charge in [0.05, 0.1) is 16.5 Å². The summed E-state index contributed by atoms with van der Waals surface area (Å²) in [5, 5.41) is 2.81. The molecule has 1 aliphatic heterocycles. The van der Waals surface area contributed by atoms with E-state index in [0.717, 1.165) is 5.56 Å². The Morgan fingerprint density at radius 2 is 1.68 bits per heavy atom. The maximum absolute atomic E-state index is 13.4. The third kappa shape index (κ3) is 3.76. The zero-order valence-electron chi connectivity index (χ0n) is 17.9. The number of rotatable bonds is 7. The molecular weight excluding hydrogens is 473 g/mol. The first kappa shape index (κ1) is 22.2. The quantitative estimate of drug-likeness (QED) is 0.160. The monoisotopic (exact) mass is 491 g/mol. The van der Waals surface area contributed by atoms with E-state index in [1.165, 1.54) is 44.7 Å². The topological polar surface area (TPSA) is 72.3 Å². The van der Waals surface area contributed by atoms with Crippen LogP contribution in [0.25, 0.3) is 21.3 Å². The second kappa shape index (κ2) is 9.00. The van der Waals surface area contributed by atoms with Gasteiger partial charge in [0.15, 0.2) is 5.16 Å². The fourth-order valence-corrected chi connectivity index (χ4v) is 5.84. The number of fused-ring (bicyclic) bond motifs is 2. The molecule has 9 heteroatoms. The first-order chi connectivity index (χ1) is 16.5. The second-order valence-electron chi connectivity index (χ2n) is 7.59. The molecule has 2 aromatic carbocycles. The summed E-state index contributed by atoms with van der Waals surface area (Å²) < 4.78 is 14.9. The lowest BCUT2D eigenvalue weighted by Gasteiger charge is -2.15. The summed E-state index contributed by atoms with van der Waals surface area (Å²) in [4.78, 5) is 45.1. The van der Waals surface area contributed by atoms with Crippen molar-refractivity contribution in [3.63, 3.8) is 0 Å². The number of thioether (sulfide) groups is 1. The highest BCUT2D eigenvalue weighted by molar-refractivity contribution is 7.99. The number of carbonyl (C=O) groups is 2. The van der Waals surface area contributed by atoms with Crippen LogP contribution in [0.4, 0.5) is 4.39 Å². The second-order valence-corrected chi connectivity index (χ2v) is 9.51. The molecule has 0 radical (unpaired) electrons. The van der Waals surface area contributed by atoms with Gasteiger partial charge in [0.25, 0.3) is 17.4 Å². The van der Waals surface area contributed by atoms with Gasteiger partial charge in [-0.1, -0.05) is 42.1 Å². The number of allylic oxidation sites excluding steroid dienone is 1. The summed E-state index contributed by atoms with van der Waals surface area (Å²) in [6.45, 7) is 4.21. The van der Waals surface area contributed by atoms with Crippen molar-refractivity contribution in [1.82, 2.24) is 14.5 Å². The van der Waals surface area contributed by atoms with Crippen LogP contribution in [0.3, 0.4) is 0 Å². The van der Waals surface area contributed by atoms with Crippen LogP contribution in [-0.2, 0) is 6.54 Å². The van der Waals surface area contributed by atoms with Gasteiger partial charge >= 0.3 is 0 Å². The molecule has 0 atom stereocenters. The Bertz CT molecular complexity index is 1470. The smallest absolute Gasteiger partial charge is 0.263 e. The van der Waals surface area contributed by atoms with Crippen molar-refractivity contribution in [2.75, 3.05) is 12.3 Å². The maximum atomic E-state index is 13.4. The van der Waals surface area contributed by atoms with E-state index in [0.29, 0.717) is 37.8 Å². The summed E-state index contributed by atoms with van der Waals surface area (Å²) >= 11 is 2.65. The molecule has 3 heterocycles. The molecule has 0 N–H and O–H groups in total. The van der Waals surface area contributed by atoms with E-state index in [2.05, 4.69) is 6.58 Å². The molecule has 4 aromatic rings. The van der Waals surface area contributed by atoms with Crippen LogP contribution >= 0.6 is 23.1 Å². The standard InChI is InChI=1S/C25H18FN3O3S2/c1-2-11-29-24(32)20-19(15-7-9-16(26)10-8-15)14-34-21(20)27-25(29)33-13-12-28-22(30)17-5-3-4-6-18(17)23(28)31/h2-10,14H,1,11-13H2. The molecule has 0 saturated heterocycles. The Balaban J connectivity index is 1.43. The van der Waals surface area contributed by atoms with Gasteiger partial charge in [0, 0.05) is 29.8 Å². The average Bonchev–Trinajstić information content (AvgIpc) is 3.37. The molecule has 0 aliphatic carbocycles. The molecule has 5 rings (SSSR count). The van der Waals surface area contributed by atoms with E-state index in [-0.39, 0.29) is 36.3 Å². The summed E-state index contributed by atoms with van der Waals surface area (Å²) in [7, 11) is 0. The number of amides is 2. The van der Waals surface area contributed by atoms with Crippen LogP contribution < -0.4 is 5.56 Å². The van der Waals surface area contributed by atoms with Crippen LogP contribution in [0.5, 0.6) is 0 Å². The predicted octanol–water partition coefficient (Wildman–Crippen LogP) is 4.84. The van der Waals surface area contributed by atoms with Crippen molar-refractivity contribution < 1.29 is 14.0 Å². The van der Waals surface area contributed by atoms with Gasteiger partial charge in [-0.3, -0.25) is 23.9 Å². The predicted molar refractivity (Wildman–Crippen MR) is 132 cm³/mol. The number of thiophene rings is 1. The Morgan fingerprint density at radius 1 is 1.00 bits per heavy atom. The Kier molecular flexibility index (Phi) is 5.89. The van der Waals surface area contributed by atoms with Crippen molar-refractivity contribution >= 4 is 45.1 Å². The van der Waals surface area contributed by atoms with Gasteiger partial charge in [0.1, 0.15) is 10.6 Å². The zero-order valence-corrected chi connectivity index (χ0v) is 19.5. The van der Waals surface area contributed by atoms with Crippen LogP contribution in [0.15, 0.2) is 76.5 Å². The van der Waals surface area contributed by atoms with Crippen molar-refractivity contribution in [2.45, 2.75) is 11.7 Å². The minimum atomic E-state index is -0.345. The van der Waals surface area contributed by atoms with Gasteiger partial charge in [-0.2, -0.15) is 0 Å². The SMILES string of the molecule is C=CCn1c(SCCN2C(=O)c3ccccc3C2=O)nc2scc(-c3ccc(F)cc3)c2c1=O. The molecule has 0 unspecified atom stereocenters. The van der Waals surface area contributed by atoms with Crippen molar-refractivity contribution in [3.8, 4) is 11.1 Å². The van der Waals surface area contributed by atoms with E-state index < -0.39 is 0 Å². The average molecular weight is 492 g/mol. The number of imide groups is 1. The van der Waals surface area contributed by atoms with Gasteiger partial charge in [0.2, 0.25) is 0 Å². The minimum absolute atomic E-state index is 0.199. The number of carbonyl (C=O) groups excluding carboxylic acids is 2. The normalized spacial score (nSPS) is 13.0. The fraction of sp³-hybridized carbons (Fsp3) is 0.120. The summed E-state index contributed by atoms with van der Waals surface area (Å²) in [6.07, 6.45) is 1.62. The third-order valence-electron chi connectivity index (χ3n) is 5.55. The lowest BCUT2D eigenvalue weighted by Crippen LogP contribution is -2.32. The molecule has 0 bridgehead atoms. The molecular formula is C25H18FN3O3S2. The largest absolute Gasteiger partial charge is 0.283 e. The van der Waals surface area contributed by atoms with E-state index >= 15 is 0 Å². The summed E-state index contributed by atoms with van der Waals surface area (Å²) in [6, 6.07) is 12.8. The first-order valence-electron chi connectivity index (χ1n) is 10.5. The third-order valence-corrected chi connectivity index (χ3v) is 7.38. The number of benzene rings is 2. The molecule has 34 heavy (non-hydrogen) atoms. The van der Waals surface area contributed by atoms with Gasteiger partial charge in [-0.05, 0) is 29.8 Å². The molecule has 2 aromatic heterocycles. The maximum Gasteiger partial charge on any atom is 0.263 e. The van der Waals surface area contributed by atoms with Crippen LogP contribution in [-0.4, -0.2) is 38.6 Å². The molecule has 0 fully saturated rings. The molecule has 0 saturated carbocycles. The number of hydrogen-bond donors (Lipinski definition) is 0. The highest BCUT2D eigenvalue weighted by Gasteiger charge is 2.34. The van der Waals surface area contributed by atoms with E-state index in [1.807, 2.05) is 5.38 Å². The molecule has 2 amide bonds. The number of halogens is 1. The molecule has 170 valence electrons. The molecule has 6 nitrogen and oxygen atoms in total. The first-order valence-corrected chi connectivity index (χ1v) is 12.3. The number of nitrogens with zero attached hydrogens (tertiary/aromatic N) is 3.